The van der Waals surface area contributed by atoms with Gasteiger partial charge in [-0.1, -0.05) is 26.0 Å². The monoisotopic (exact) mass is 313 g/mol. The van der Waals surface area contributed by atoms with Crippen molar-refractivity contribution >= 4 is 11.8 Å². The molecule has 0 amide bonds. The van der Waals surface area contributed by atoms with E-state index >= 15 is 0 Å². The van der Waals surface area contributed by atoms with Gasteiger partial charge in [-0.25, -0.2) is 4.68 Å². The Labute approximate surface area is 134 Å². The van der Waals surface area contributed by atoms with E-state index in [2.05, 4.69) is 11.2 Å². The maximum atomic E-state index is 12.4. The Kier molecular flexibility index (Phi) is 5.40. The first-order chi connectivity index (χ1) is 10.6. The van der Waals surface area contributed by atoms with E-state index in [-0.39, 0.29) is 11.1 Å². The van der Waals surface area contributed by atoms with Crippen molar-refractivity contribution in [3.05, 3.63) is 57.0 Å². The highest BCUT2D eigenvalue weighted by Gasteiger charge is 2.15. The van der Waals surface area contributed by atoms with Crippen molar-refractivity contribution in [2.24, 2.45) is 0 Å². The first-order valence-corrected chi connectivity index (χ1v) is 8.52. The number of benzene rings is 1. The Hall–Kier alpha value is -2.06. The largest absolute Gasteiger partial charge is 0.285 e. The van der Waals surface area contributed by atoms with E-state index in [0.717, 1.165) is 16.8 Å². The van der Waals surface area contributed by atoms with E-state index in [1.165, 1.54) is 9.58 Å². The lowest BCUT2D eigenvalue weighted by Gasteiger charge is -2.12. The number of aromatic nitrogens is 2. The van der Waals surface area contributed by atoms with Crippen LogP contribution in [0.1, 0.15) is 36.2 Å². The zero-order chi connectivity index (χ0) is 16.1. The molecule has 0 aliphatic carbocycles. The van der Waals surface area contributed by atoms with Gasteiger partial charge in [0.2, 0.25) is 0 Å². The van der Waals surface area contributed by atoms with Crippen LogP contribution in [-0.2, 0) is 19.4 Å². The molecule has 0 spiro atoms. The Balaban J connectivity index is 2.46. The van der Waals surface area contributed by atoms with Gasteiger partial charge in [-0.2, -0.15) is 10.4 Å². The van der Waals surface area contributed by atoms with Gasteiger partial charge in [-0.05, 0) is 42.4 Å². The number of nitrogens with zero attached hydrogens (tertiary/aromatic N) is 3. The highest BCUT2D eigenvalue weighted by atomic mass is 32.2. The third-order valence-electron chi connectivity index (χ3n) is 3.63. The van der Waals surface area contributed by atoms with Gasteiger partial charge in [0.1, 0.15) is 11.6 Å². The van der Waals surface area contributed by atoms with Crippen LogP contribution in [0.4, 0.5) is 0 Å². The SMILES string of the molecule is CCc1nn(Cc2ccc(SC)cc2)c(=O)c(C#N)c1CC. The van der Waals surface area contributed by atoms with Crippen LogP contribution in [0.25, 0.3) is 0 Å². The lowest BCUT2D eigenvalue weighted by molar-refractivity contribution is 0.611. The summed E-state index contributed by atoms with van der Waals surface area (Å²) in [6, 6.07) is 10.1. The molecule has 0 bridgehead atoms. The van der Waals surface area contributed by atoms with Gasteiger partial charge < -0.3 is 0 Å². The van der Waals surface area contributed by atoms with E-state index < -0.39 is 0 Å². The topological polar surface area (TPSA) is 58.7 Å². The number of hydrogen-bond acceptors (Lipinski definition) is 4. The fourth-order valence-electron chi connectivity index (χ4n) is 2.45. The average Bonchev–Trinajstić information content (AvgIpc) is 2.56. The number of hydrogen-bond donors (Lipinski definition) is 0. The fraction of sp³-hybridized carbons (Fsp3) is 0.353. The normalized spacial score (nSPS) is 10.5. The number of aryl methyl sites for hydroxylation is 1. The van der Waals surface area contributed by atoms with E-state index in [0.29, 0.717) is 19.4 Å². The minimum absolute atomic E-state index is 0.232. The molecule has 0 radical (unpaired) electrons. The molecule has 0 unspecified atom stereocenters. The molecule has 5 heteroatoms. The predicted octanol–water partition coefficient (Wildman–Crippen LogP) is 3.01. The zero-order valence-electron chi connectivity index (χ0n) is 13.1. The van der Waals surface area contributed by atoms with E-state index in [4.69, 9.17) is 0 Å². The summed E-state index contributed by atoms with van der Waals surface area (Å²) >= 11 is 1.68. The maximum Gasteiger partial charge on any atom is 0.285 e. The lowest BCUT2D eigenvalue weighted by atomic mass is 10.0. The summed E-state index contributed by atoms with van der Waals surface area (Å²) in [5.74, 6) is 0. The second-order valence-electron chi connectivity index (χ2n) is 4.93. The summed E-state index contributed by atoms with van der Waals surface area (Å²) in [5.41, 5.74) is 2.55. The van der Waals surface area contributed by atoms with Crippen LogP contribution in [0.5, 0.6) is 0 Å². The van der Waals surface area contributed by atoms with Crippen molar-refractivity contribution in [2.75, 3.05) is 6.26 Å². The number of rotatable bonds is 5. The van der Waals surface area contributed by atoms with Gasteiger partial charge in [0, 0.05) is 4.90 Å². The summed E-state index contributed by atoms with van der Waals surface area (Å²) in [6.07, 6.45) is 3.39. The van der Waals surface area contributed by atoms with E-state index in [1.54, 1.807) is 11.8 Å². The Bertz CT molecular complexity index is 757. The second-order valence-corrected chi connectivity index (χ2v) is 5.81. The van der Waals surface area contributed by atoms with Gasteiger partial charge in [0.25, 0.3) is 5.56 Å². The Morgan fingerprint density at radius 1 is 1.23 bits per heavy atom. The van der Waals surface area contributed by atoms with Crippen molar-refractivity contribution in [1.82, 2.24) is 9.78 Å². The van der Waals surface area contributed by atoms with Crippen LogP contribution in [-0.4, -0.2) is 16.0 Å². The standard InChI is InChI=1S/C17H19N3OS/c1-4-14-15(10-18)17(21)20(19-16(14)5-2)11-12-6-8-13(22-3)9-7-12/h6-9H,4-5,11H2,1-3H3. The number of thioether (sulfide) groups is 1. The molecule has 0 atom stereocenters. The molecule has 0 saturated carbocycles. The molecule has 1 heterocycles. The third-order valence-corrected chi connectivity index (χ3v) is 4.38. The second kappa shape index (κ2) is 7.28. The Morgan fingerprint density at radius 2 is 1.91 bits per heavy atom. The number of nitriles is 1. The molecular weight excluding hydrogens is 294 g/mol. The van der Waals surface area contributed by atoms with Gasteiger partial charge in [0.05, 0.1) is 12.2 Å². The van der Waals surface area contributed by atoms with Crippen LogP contribution >= 0.6 is 11.8 Å². The van der Waals surface area contributed by atoms with Crippen molar-refractivity contribution < 1.29 is 0 Å². The summed E-state index contributed by atoms with van der Waals surface area (Å²) < 4.78 is 1.41. The van der Waals surface area contributed by atoms with Crippen LogP contribution in [0.2, 0.25) is 0 Å². The molecule has 2 rings (SSSR count). The van der Waals surface area contributed by atoms with Gasteiger partial charge in [0.15, 0.2) is 0 Å². The lowest BCUT2D eigenvalue weighted by Crippen LogP contribution is -2.29. The quantitative estimate of drug-likeness (QED) is 0.796. The van der Waals surface area contributed by atoms with Crippen molar-refractivity contribution in [2.45, 2.75) is 38.1 Å². The highest BCUT2D eigenvalue weighted by Crippen LogP contribution is 2.16. The minimum Gasteiger partial charge on any atom is -0.266 e. The summed E-state index contributed by atoms with van der Waals surface area (Å²) in [6.45, 7) is 4.33. The first kappa shape index (κ1) is 16.3. The van der Waals surface area contributed by atoms with Crippen LogP contribution in [0.15, 0.2) is 34.0 Å². The smallest absolute Gasteiger partial charge is 0.266 e. The first-order valence-electron chi connectivity index (χ1n) is 7.30. The average molecular weight is 313 g/mol. The summed E-state index contributed by atoms with van der Waals surface area (Å²) in [4.78, 5) is 13.6. The molecule has 22 heavy (non-hydrogen) atoms. The van der Waals surface area contributed by atoms with Gasteiger partial charge >= 0.3 is 0 Å². The summed E-state index contributed by atoms with van der Waals surface area (Å²) in [5, 5.41) is 13.8. The predicted molar refractivity (Wildman–Crippen MR) is 89.3 cm³/mol. The van der Waals surface area contributed by atoms with Crippen LogP contribution < -0.4 is 5.56 Å². The highest BCUT2D eigenvalue weighted by molar-refractivity contribution is 7.98. The summed E-state index contributed by atoms with van der Waals surface area (Å²) in [7, 11) is 0. The molecule has 2 aromatic rings. The van der Waals surface area contributed by atoms with Crippen molar-refractivity contribution in [3.63, 3.8) is 0 Å². The molecule has 1 aromatic heterocycles. The molecule has 0 N–H and O–H groups in total. The van der Waals surface area contributed by atoms with Crippen molar-refractivity contribution in [1.29, 1.82) is 5.26 Å². The van der Waals surface area contributed by atoms with Gasteiger partial charge in [-0.15, -0.1) is 11.8 Å². The van der Waals surface area contributed by atoms with Gasteiger partial charge in [-0.3, -0.25) is 4.79 Å². The molecule has 4 nitrogen and oxygen atoms in total. The molecule has 0 fully saturated rings. The third kappa shape index (κ3) is 3.23. The molecule has 0 aliphatic rings. The Morgan fingerprint density at radius 3 is 2.41 bits per heavy atom. The van der Waals surface area contributed by atoms with E-state index in [9.17, 15) is 10.1 Å². The fourth-order valence-corrected chi connectivity index (χ4v) is 2.85. The van der Waals surface area contributed by atoms with Crippen LogP contribution in [0.3, 0.4) is 0 Å². The van der Waals surface area contributed by atoms with Crippen LogP contribution in [0, 0.1) is 11.3 Å². The van der Waals surface area contributed by atoms with Crippen molar-refractivity contribution in [3.8, 4) is 6.07 Å². The molecule has 0 aliphatic heterocycles. The zero-order valence-corrected chi connectivity index (χ0v) is 13.9. The maximum absolute atomic E-state index is 12.4. The van der Waals surface area contributed by atoms with E-state index in [1.807, 2.05) is 44.4 Å². The molecule has 114 valence electrons. The molecular formula is C17H19N3OS. The minimum atomic E-state index is -0.300. The molecule has 0 saturated heterocycles. The molecule has 1 aromatic carbocycles.